The maximum absolute atomic E-state index is 8.78. The average molecular weight is 283 g/mol. The summed E-state index contributed by atoms with van der Waals surface area (Å²) in [6, 6.07) is 9.88. The number of benzene rings is 1. The Morgan fingerprint density at radius 1 is 1.38 bits per heavy atom. The Morgan fingerprint density at radius 3 is 3.00 bits per heavy atom. The number of amidine groups is 1. The molecule has 0 fully saturated rings. The van der Waals surface area contributed by atoms with Gasteiger partial charge in [0.1, 0.15) is 5.69 Å². The lowest BCUT2D eigenvalue weighted by Crippen LogP contribution is -2.32. The van der Waals surface area contributed by atoms with Crippen molar-refractivity contribution < 1.29 is 5.21 Å². The predicted molar refractivity (Wildman–Crippen MR) is 80.9 cm³/mol. The summed E-state index contributed by atoms with van der Waals surface area (Å²) in [6.45, 7) is 3.05. The molecular weight excluding hydrogens is 266 g/mol. The van der Waals surface area contributed by atoms with Crippen molar-refractivity contribution in [2.45, 2.75) is 13.3 Å². The average Bonchev–Trinajstić information content (AvgIpc) is 2.53. The van der Waals surface area contributed by atoms with E-state index < -0.39 is 0 Å². The SMILES string of the molecule is CC1Cc2ccccc2N(c2nccc(/C(N)=N/O)n2)C1. The van der Waals surface area contributed by atoms with Crippen molar-refractivity contribution in [3.05, 3.63) is 47.8 Å². The van der Waals surface area contributed by atoms with Crippen LogP contribution in [0.5, 0.6) is 0 Å². The van der Waals surface area contributed by atoms with Crippen LogP contribution in [0.3, 0.4) is 0 Å². The molecule has 0 saturated carbocycles. The molecular formula is C15H17N5O. The van der Waals surface area contributed by atoms with Crippen molar-refractivity contribution in [1.29, 1.82) is 0 Å². The van der Waals surface area contributed by atoms with E-state index in [1.54, 1.807) is 12.3 Å². The van der Waals surface area contributed by atoms with Gasteiger partial charge in [-0.05, 0) is 30.0 Å². The van der Waals surface area contributed by atoms with Gasteiger partial charge in [-0.15, -0.1) is 0 Å². The van der Waals surface area contributed by atoms with Gasteiger partial charge in [0.25, 0.3) is 0 Å². The van der Waals surface area contributed by atoms with E-state index in [0.29, 0.717) is 17.6 Å². The minimum atomic E-state index is -0.0167. The molecule has 3 N–H and O–H groups in total. The monoisotopic (exact) mass is 283 g/mol. The van der Waals surface area contributed by atoms with Gasteiger partial charge in [-0.25, -0.2) is 9.97 Å². The van der Waals surface area contributed by atoms with E-state index in [-0.39, 0.29) is 5.84 Å². The van der Waals surface area contributed by atoms with Crippen LogP contribution in [-0.2, 0) is 6.42 Å². The molecule has 0 saturated heterocycles. The number of oxime groups is 1. The van der Waals surface area contributed by atoms with Gasteiger partial charge in [0.15, 0.2) is 5.84 Å². The van der Waals surface area contributed by atoms with E-state index in [0.717, 1.165) is 18.7 Å². The standard InChI is InChI=1S/C15H17N5O/c1-10-8-11-4-2-3-5-13(11)20(9-10)15-17-7-6-12(18-15)14(16)19-21/h2-7,10,21H,8-9H2,1H3,(H2,16,19). The zero-order valence-corrected chi connectivity index (χ0v) is 11.8. The highest BCUT2D eigenvalue weighted by Gasteiger charge is 2.24. The van der Waals surface area contributed by atoms with Gasteiger partial charge >= 0.3 is 0 Å². The Labute approximate surface area is 122 Å². The fourth-order valence-electron chi connectivity index (χ4n) is 2.66. The zero-order valence-electron chi connectivity index (χ0n) is 11.8. The number of para-hydroxylation sites is 1. The van der Waals surface area contributed by atoms with Gasteiger partial charge in [-0.2, -0.15) is 0 Å². The minimum absolute atomic E-state index is 0.0167. The molecule has 3 rings (SSSR count). The highest BCUT2D eigenvalue weighted by molar-refractivity contribution is 5.95. The van der Waals surface area contributed by atoms with E-state index in [1.807, 2.05) is 12.1 Å². The first kappa shape index (κ1) is 13.4. The molecule has 2 heterocycles. The third-order valence-electron chi connectivity index (χ3n) is 3.60. The molecule has 2 aromatic rings. The number of hydrogen-bond donors (Lipinski definition) is 2. The van der Waals surface area contributed by atoms with Crippen LogP contribution in [0.4, 0.5) is 11.6 Å². The Morgan fingerprint density at radius 2 is 2.19 bits per heavy atom. The van der Waals surface area contributed by atoms with E-state index in [1.165, 1.54) is 5.56 Å². The maximum Gasteiger partial charge on any atom is 0.230 e. The number of nitrogens with zero attached hydrogens (tertiary/aromatic N) is 4. The zero-order chi connectivity index (χ0) is 14.8. The summed E-state index contributed by atoms with van der Waals surface area (Å²) in [4.78, 5) is 10.8. The lowest BCUT2D eigenvalue weighted by atomic mass is 9.94. The Bertz CT molecular complexity index is 685. The largest absolute Gasteiger partial charge is 0.409 e. The van der Waals surface area contributed by atoms with Crippen LogP contribution in [0.1, 0.15) is 18.2 Å². The summed E-state index contributed by atoms with van der Waals surface area (Å²) in [6.07, 6.45) is 2.67. The van der Waals surface area contributed by atoms with E-state index in [4.69, 9.17) is 10.9 Å². The number of hydrogen-bond acceptors (Lipinski definition) is 5. The molecule has 21 heavy (non-hydrogen) atoms. The van der Waals surface area contributed by atoms with Gasteiger partial charge in [0.05, 0.1) is 0 Å². The Kier molecular flexibility index (Phi) is 3.43. The summed E-state index contributed by atoms with van der Waals surface area (Å²) in [7, 11) is 0. The van der Waals surface area contributed by atoms with Crippen LogP contribution in [0.2, 0.25) is 0 Å². The molecule has 0 aliphatic carbocycles. The number of aromatic nitrogens is 2. The smallest absolute Gasteiger partial charge is 0.230 e. The van der Waals surface area contributed by atoms with E-state index >= 15 is 0 Å². The van der Waals surface area contributed by atoms with Gasteiger partial charge in [0.2, 0.25) is 5.95 Å². The number of rotatable bonds is 2. The molecule has 0 radical (unpaired) electrons. The topological polar surface area (TPSA) is 87.6 Å². The molecule has 1 aliphatic rings. The highest BCUT2D eigenvalue weighted by atomic mass is 16.4. The first-order valence-corrected chi connectivity index (χ1v) is 6.85. The molecule has 108 valence electrons. The van der Waals surface area contributed by atoms with Crippen LogP contribution < -0.4 is 10.6 Å². The highest BCUT2D eigenvalue weighted by Crippen LogP contribution is 2.33. The second kappa shape index (κ2) is 5.40. The molecule has 6 heteroatoms. The minimum Gasteiger partial charge on any atom is -0.409 e. The Hall–Kier alpha value is -2.63. The van der Waals surface area contributed by atoms with Crippen molar-refractivity contribution in [3.8, 4) is 0 Å². The van der Waals surface area contributed by atoms with E-state index in [2.05, 4.69) is 39.1 Å². The number of nitrogens with two attached hydrogens (primary N) is 1. The maximum atomic E-state index is 8.78. The van der Waals surface area contributed by atoms with Gasteiger partial charge in [-0.3, -0.25) is 0 Å². The lowest BCUT2D eigenvalue weighted by Gasteiger charge is -2.33. The molecule has 1 aromatic heterocycles. The van der Waals surface area contributed by atoms with Crippen LogP contribution in [0, 0.1) is 5.92 Å². The molecule has 1 aromatic carbocycles. The second-order valence-electron chi connectivity index (χ2n) is 5.28. The molecule has 1 aliphatic heterocycles. The lowest BCUT2D eigenvalue weighted by molar-refractivity contribution is 0.318. The number of anilines is 2. The fourth-order valence-corrected chi connectivity index (χ4v) is 2.66. The van der Waals surface area contributed by atoms with Crippen molar-refractivity contribution in [1.82, 2.24) is 9.97 Å². The van der Waals surface area contributed by atoms with Crippen molar-refractivity contribution in [2.75, 3.05) is 11.4 Å². The molecule has 0 amide bonds. The Balaban J connectivity index is 2.05. The van der Waals surface area contributed by atoms with E-state index in [9.17, 15) is 0 Å². The quantitative estimate of drug-likeness (QED) is 0.380. The van der Waals surface area contributed by atoms with Gasteiger partial charge in [0, 0.05) is 18.4 Å². The molecule has 0 bridgehead atoms. The predicted octanol–water partition coefficient (Wildman–Crippen LogP) is 1.90. The van der Waals surface area contributed by atoms with Gasteiger partial charge in [-0.1, -0.05) is 30.3 Å². The summed E-state index contributed by atoms with van der Waals surface area (Å²) in [5.74, 6) is 1.06. The van der Waals surface area contributed by atoms with Crippen molar-refractivity contribution in [2.24, 2.45) is 16.8 Å². The second-order valence-corrected chi connectivity index (χ2v) is 5.28. The van der Waals surface area contributed by atoms with Crippen molar-refractivity contribution in [3.63, 3.8) is 0 Å². The van der Waals surface area contributed by atoms with Crippen LogP contribution in [-0.4, -0.2) is 27.6 Å². The van der Waals surface area contributed by atoms with Crippen LogP contribution >= 0.6 is 0 Å². The van der Waals surface area contributed by atoms with Crippen molar-refractivity contribution >= 4 is 17.5 Å². The van der Waals surface area contributed by atoms with Crippen LogP contribution in [0.15, 0.2) is 41.7 Å². The molecule has 1 atom stereocenters. The van der Waals surface area contributed by atoms with Gasteiger partial charge < -0.3 is 15.8 Å². The number of fused-ring (bicyclic) bond motifs is 1. The third kappa shape index (κ3) is 2.52. The summed E-state index contributed by atoms with van der Waals surface area (Å²) >= 11 is 0. The third-order valence-corrected chi connectivity index (χ3v) is 3.60. The molecule has 6 nitrogen and oxygen atoms in total. The molecule has 1 unspecified atom stereocenters. The molecule has 0 spiro atoms. The fraction of sp³-hybridized carbons (Fsp3) is 0.267. The summed E-state index contributed by atoms with van der Waals surface area (Å²) < 4.78 is 0. The summed E-state index contributed by atoms with van der Waals surface area (Å²) in [5, 5.41) is 11.8. The van der Waals surface area contributed by atoms with Crippen LogP contribution in [0.25, 0.3) is 0 Å². The first-order valence-electron chi connectivity index (χ1n) is 6.85. The normalized spacial score (nSPS) is 18.4. The first-order chi connectivity index (χ1) is 10.2. The summed E-state index contributed by atoms with van der Waals surface area (Å²) in [5.41, 5.74) is 8.42.